The maximum absolute atomic E-state index is 5.91. The third kappa shape index (κ3) is 2.60. The number of benzene rings is 2. The van der Waals surface area contributed by atoms with Crippen molar-refractivity contribution < 1.29 is 4.42 Å². The Morgan fingerprint density at radius 3 is 2.64 bits per heavy atom. The van der Waals surface area contributed by atoms with Crippen molar-refractivity contribution >= 4 is 27.3 Å². The van der Waals surface area contributed by atoms with Crippen LogP contribution in [0.1, 0.15) is 11.4 Å². The highest BCUT2D eigenvalue weighted by Crippen LogP contribution is 2.30. The van der Waals surface area contributed by atoms with Crippen molar-refractivity contribution in [1.82, 2.24) is 19.8 Å². The molecular formula is C19H14N4OS. The molecule has 0 bridgehead atoms. The van der Waals surface area contributed by atoms with Gasteiger partial charge in [0.15, 0.2) is 16.6 Å². The van der Waals surface area contributed by atoms with Crippen LogP contribution in [0.4, 0.5) is 0 Å². The van der Waals surface area contributed by atoms with Gasteiger partial charge in [0.25, 0.3) is 0 Å². The zero-order chi connectivity index (χ0) is 16.6. The number of rotatable bonds is 4. The van der Waals surface area contributed by atoms with Gasteiger partial charge < -0.3 is 4.42 Å². The molecule has 6 heteroatoms. The molecule has 3 heterocycles. The second kappa shape index (κ2) is 5.82. The number of aromatic nitrogens is 4. The molecule has 5 nitrogen and oxygen atoms in total. The Kier molecular flexibility index (Phi) is 3.34. The van der Waals surface area contributed by atoms with Gasteiger partial charge in [-0.1, -0.05) is 59.9 Å². The molecule has 5 aromatic rings. The monoisotopic (exact) mass is 346 g/mol. The van der Waals surface area contributed by atoms with Crippen LogP contribution in [0.15, 0.2) is 65.1 Å². The average molecular weight is 346 g/mol. The third-order valence-electron chi connectivity index (χ3n) is 4.17. The highest BCUT2D eigenvalue weighted by molar-refractivity contribution is 7.19. The van der Waals surface area contributed by atoms with Gasteiger partial charge in [-0.15, -0.1) is 15.3 Å². The van der Waals surface area contributed by atoms with E-state index in [4.69, 9.17) is 4.42 Å². The van der Waals surface area contributed by atoms with Gasteiger partial charge in [0.2, 0.25) is 4.96 Å². The Bertz CT molecular complexity index is 1120. The van der Waals surface area contributed by atoms with Crippen LogP contribution in [0.5, 0.6) is 0 Å². The lowest BCUT2D eigenvalue weighted by molar-refractivity contribution is 0.628. The van der Waals surface area contributed by atoms with E-state index in [1.54, 1.807) is 0 Å². The summed E-state index contributed by atoms with van der Waals surface area (Å²) in [5, 5.41) is 15.1. The molecule has 3 aromatic heterocycles. The number of fused-ring (bicyclic) bond motifs is 2. The number of hydrogen-bond donors (Lipinski definition) is 0. The first-order chi connectivity index (χ1) is 12.4. The van der Waals surface area contributed by atoms with Crippen molar-refractivity contribution in [3.8, 4) is 10.8 Å². The van der Waals surface area contributed by atoms with E-state index in [0.29, 0.717) is 0 Å². The highest BCUT2D eigenvalue weighted by Gasteiger charge is 2.15. The van der Waals surface area contributed by atoms with Crippen LogP contribution >= 0.6 is 11.3 Å². The van der Waals surface area contributed by atoms with Gasteiger partial charge in [0.1, 0.15) is 5.58 Å². The predicted octanol–water partition coefficient (Wildman–Crippen LogP) is 4.38. The second-order valence-electron chi connectivity index (χ2n) is 5.85. The fourth-order valence-electron chi connectivity index (χ4n) is 2.90. The molecule has 0 atom stereocenters. The van der Waals surface area contributed by atoms with E-state index >= 15 is 0 Å². The maximum atomic E-state index is 5.91. The van der Waals surface area contributed by atoms with Crippen LogP contribution in [0.3, 0.4) is 0 Å². The maximum Gasteiger partial charge on any atom is 0.235 e. The van der Waals surface area contributed by atoms with E-state index in [0.717, 1.165) is 45.4 Å². The Morgan fingerprint density at radius 2 is 1.76 bits per heavy atom. The van der Waals surface area contributed by atoms with Gasteiger partial charge in [-0.05, 0) is 24.1 Å². The van der Waals surface area contributed by atoms with Crippen molar-refractivity contribution in [2.24, 2.45) is 0 Å². The van der Waals surface area contributed by atoms with Crippen LogP contribution in [0, 0.1) is 0 Å². The van der Waals surface area contributed by atoms with Crippen molar-refractivity contribution in [2.75, 3.05) is 0 Å². The van der Waals surface area contributed by atoms with Gasteiger partial charge in [0, 0.05) is 11.8 Å². The largest absolute Gasteiger partial charge is 0.453 e. The third-order valence-corrected chi connectivity index (χ3v) is 5.09. The quantitative estimate of drug-likeness (QED) is 0.484. The molecule has 2 aromatic carbocycles. The predicted molar refractivity (Wildman–Crippen MR) is 97.7 cm³/mol. The molecule has 25 heavy (non-hydrogen) atoms. The molecule has 0 spiro atoms. The van der Waals surface area contributed by atoms with Crippen LogP contribution in [0.25, 0.3) is 26.7 Å². The van der Waals surface area contributed by atoms with Crippen molar-refractivity contribution in [3.63, 3.8) is 0 Å². The van der Waals surface area contributed by atoms with Gasteiger partial charge in [-0.2, -0.15) is 4.52 Å². The SMILES string of the molecule is c1ccc(CCc2nnc3sc(-c4cc5ccccc5o4)nn23)cc1. The van der Waals surface area contributed by atoms with E-state index in [2.05, 4.69) is 39.6 Å². The van der Waals surface area contributed by atoms with Crippen molar-refractivity contribution in [2.45, 2.75) is 12.8 Å². The minimum absolute atomic E-state index is 0.769. The minimum atomic E-state index is 0.769. The number of furan rings is 1. The van der Waals surface area contributed by atoms with E-state index in [1.807, 2.05) is 40.9 Å². The van der Waals surface area contributed by atoms with Crippen LogP contribution < -0.4 is 0 Å². The summed E-state index contributed by atoms with van der Waals surface area (Å²) in [6.45, 7) is 0. The lowest BCUT2D eigenvalue weighted by Gasteiger charge is -1.98. The number of para-hydroxylation sites is 1. The Labute approximate surface area is 147 Å². The minimum Gasteiger partial charge on any atom is -0.453 e. The molecule has 0 radical (unpaired) electrons. The molecule has 0 saturated heterocycles. The Morgan fingerprint density at radius 1 is 0.920 bits per heavy atom. The van der Waals surface area contributed by atoms with Gasteiger partial charge in [-0.3, -0.25) is 0 Å². The molecule has 0 fully saturated rings. The summed E-state index contributed by atoms with van der Waals surface area (Å²) in [6, 6.07) is 20.4. The molecule has 5 rings (SSSR count). The summed E-state index contributed by atoms with van der Waals surface area (Å²) in [5.41, 5.74) is 2.15. The fourth-order valence-corrected chi connectivity index (χ4v) is 3.71. The summed E-state index contributed by atoms with van der Waals surface area (Å²) < 4.78 is 7.74. The number of hydrogen-bond acceptors (Lipinski definition) is 5. The Hall–Kier alpha value is -2.99. The topological polar surface area (TPSA) is 56.2 Å². The second-order valence-corrected chi connectivity index (χ2v) is 6.81. The molecule has 0 unspecified atom stereocenters. The molecule has 0 aliphatic heterocycles. The van der Waals surface area contributed by atoms with Gasteiger partial charge >= 0.3 is 0 Å². The van der Waals surface area contributed by atoms with Crippen LogP contribution in [0.2, 0.25) is 0 Å². The first-order valence-electron chi connectivity index (χ1n) is 8.11. The summed E-state index contributed by atoms with van der Waals surface area (Å²) in [4.78, 5) is 0.790. The van der Waals surface area contributed by atoms with Crippen molar-refractivity contribution in [3.05, 3.63) is 72.1 Å². The van der Waals surface area contributed by atoms with Gasteiger partial charge in [-0.25, -0.2) is 0 Å². The van der Waals surface area contributed by atoms with Gasteiger partial charge in [0.05, 0.1) is 0 Å². The molecule has 0 saturated carbocycles. The smallest absolute Gasteiger partial charge is 0.235 e. The normalized spacial score (nSPS) is 11.5. The van der Waals surface area contributed by atoms with Crippen LogP contribution in [-0.4, -0.2) is 19.8 Å². The van der Waals surface area contributed by atoms with E-state index in [1.165, 1.54) is 16.9 Å². The lowest BCUT2D eigenvalue weighted by atomic mass is 10.1. The number of aryl methyl sites for hydroxylation is 2. The van der Waals surface area contributed by atoms with Crippen LogP contribution in [-0.2, 0) is 12.8 Å². The standard InChI is InChI=1S/C19H14N4OS/c1-2-6-13(7-3-1)10-11-17-20-21-19-23(17)22-18(25-19)16-12-14-8-4-5-9-15(14)24-16/h1-9,12H,10-11H2. The fraction of sp³-hybridized carbons (Fsp3) is 0.105. The first-order valence-corrected chi connectivity index (χ1v) is 8.92. The Balaban J connectivity index is 1.47. The van der Waals surface area contributed by atoms with E-state index in [9.17, 15) is 0 Å². The molecule has 0 aliphatic carbocycles. The molecule has 0 aliphatic rings. The zero-order valence-corrected chi connectivity index (χ0v) is 14.1. The summed E-state index contributed by atoms with van der Waals surface area (Å²) in [7, 11) is 0. The molecule has 0 amide bonds. The zero-order valence-electron chi connectivity index (χ0n) is 13.3. The summed E-state index contributed by atoms with van der Waals surface area (Å²) in [6.07, 6.45) is 1.72. The molecular weight excluding hydrogens is 332 g/mol. The van der Waals surface area contributed by atoms with Crippen molar-refractivity contribution in [1.29, 1.82) is 0 Å². The molecule has 0 N–H and O–H groups in total. The summed E-state index contributed by atoms with van der Waals surface area (Å²) in [5.74, 6) is 1.64. The van der Waals surface area contributed by atoms with E-state index in [-0.39, 0.29) is 0 Å². The van der Waals surface area contributed by atoms with E-state index < -0.39 is 0 Å². The summed E-state index contributed by atoms with van der Waals surface area (Å²) >= 11 is 1.49. The highest BCUT2D eigenvalue weighted by atomic mass is 32.1. The lowest BCUT2D eigenvalue weighted by Crippen LogP contribution is -1.99. The molecule has 122 valence electrons. The average Bonchev–Trinajstić information content (AvgIpc) is 3.34. The number of nitrogens with zero attached hydrogens (tertiary/aromatic N) is 4. The first kappa shape index (κ1) is 14.4.